The lowest BCUT2D eigenvalue weighted by atomic mass is 9.80. The van der Waals surface area contributed by atoms with Gasteiger partial charge in [-0.05, 0) is 43.9 Å². The Morgan fingerprint density at radius 1 is 1.28 bits per heavy atom. The Morgan fingerprint density at radius 2 is 2.06 bits per heavy atom. The number of ether oxygens (including phenoxy) is 1. The maximum Gasteiger partial charge on any atom is 0.193 e. The Labute approximate surface area is 110 Å². The second-order valence-electron chi connectivity index (χ2n) is 6.10. The minimum atomic E-state index is 0.509. The Balaban J connectivity index is 1.59. The lowest BCUT2D eigenvalue weighted by Gasteiger charge is -2.35. The molecule has 0 amide bonds. The molecule has 18 heavy (non-hydrogen) atoms. The van der Waals surface area contributed by atoms with Crippen LogP contribution < -0.4 is 5.32 Å². The normalized spacial score (nSPS) is 28.5. The lowest BCUT2D eigenvalue weighted by Crippen LogP contribution is -2.48. The van der Waals surface area contributed by atoms with E-state index in [-0.39, 0.29) is 0 Å². The van der Waals surface area contributed by atoms with E-state index in [9.17, 15) is 0 Å². The van der Waals surface area contributed by atoms with Crippen molar-refractivity contribution >= 4 is 5.96 Å². The van der Waals surface area contributed by atoms with Crippen LogP contribution in [0.3, 0.4) is 0 Å². The van der Waals surface area contributed by atoms with Gasteiger partial charge in [0.15, 0.2) is 5.96 Å². The molecule has 0 aromatic heterocycles. The van der Waals surface area contributed by atoms with Crippen LogP contribution in [0.2, 0.25) is 0 Å². The SMILES string of the molecule is CN=C(NC1CCC1)N1CCC2(CCOCC2)C1. The molecule has 2 saturated heterocycles. The molecule has 3 aliphatic rings. The maximum absolute atomic E-state index is 5.50. The summed E-state index contributed by atoms with van der Waals surface area (Å²) in [6.07, 6.45) is 7.75. The molecular weight excluding hydrogens is 226 g/mol. The summed E-state index contributed by atoms with van der Waals surface area (Å²) in [6.45, 7) is 4.22. The number of rotatable bonds is 1. The molecule has 1 aliphatic carbocycles. The molecule has 0 aromatic carbocycles. The van der Waals surface area contributed by atoms with E-state index in [4.69, 9.17) is 4.74 Å². The molecule has 3 rings (SSSR count). The molecule has 1 saturated carbocycles. The standard InChI is InChI=1S/C14H25N3O/c1-15-13(16-12-3-2-4-12)17-8-5-14(11-17)6-9-18-10-7-14/h12H,2-11H2,1H3,(H,15,16). The van der Waals surface area contributed by atoms with Gasteiger partial charge in [0.1, 0.15) is 0 Å². The van der Waals surface area contributed by atoms with Crippen molar-refractivity contribution in [1.29, 1.82) is 0 Å². The Kier molecular flexibility index (Phi) is 3.46. The number of nitrogens with one attached hydrogen (secondary N) is 1. The van der Waals surface area contributed by atoms with Gasteiger partial charge in [-0.2, -0.15) is 0 Å². The van der Waals surface area contributed by atoms with Gasteiger partial charge in [-0.1, -0.05) is 0 Å². The third-order valence-corrected chi connectivity index (χ3v) is 4.94. The predicted molar refractivity (Wildman–Crippen MR) is 72.8 cm³/mol. The summed E-state index contributed by atoms with van der Waals surface area (Å²) in [7, 11) is 1.91. The molecule has 0 radical (unpaired) electrons. The molecule has 1 N–H and O–H groups in total. The van der Waals surface area contributed by atoms with Crippen LogP contribution in [0.4, 0.5) is 0 Å². The number of nitrogens with zero attached hydrogens (tertiary/aromatic N) is 2. The van der Waals surface area contributed by atoms with Crippen LogP contribution in [0.5, 0.6) is 0 Å². The van der Waals surface area contributed by atoms with Gasteiger partial charge in [0.25, 0.3) is 0 Å². The second-order valence-corrected chi connectivity index (χ2v) is 6.10. The van der Waals surface area contributed by atoms with Gasteiger partial charge in [0.2, 0.25) is 0 Å². The summed E-state index contributed by atoms with van der Waals surface area (Å²) in [6, 6.07) is 0.676. The van der Waals surface area contributed by atoms with Crippen molar-refractivity contribution in [2.75, 3.05) is 33.4 Å². The molecule has 2 aliphatic heterocycles. The highest BCUT2D eigenvalue weighted by molar-refractivity contribution is 5.80. The average molecular weight is 251 g/mol. The van der Waals surface area contributed by atoms with Gasteiger partial charge in [-0.3, -0.25) is 4.99 Å². The smallest absolute Gasteiger partial charge is 0.193 e. The summed E-state index contributed by atoms with van der Waals surface area (Å²) in [5.74, 6) is 1.13. The fourth-order valence-electron chi connectivity index (χ4n) is 3.36. The highest BCUT2D eigenvalue weighted by atomic mass is 16.5. The molecule has 3 fully saturated rings. The monoisotopic (exact) mass is 251 g/mol. The summed E-state index contributed by atoms with van der Waals surface area (Å²) in [5.41, 5.74) is 0.509. The van der Waals surface area contributed by atoms with E-state index in [2.05, 4.69) is 15.2 Å². The number of hydrogen-bond acceptors (Lipinski definition) is 2. The van der Waals surface area contributed by atoms with Gasteiger partial charge < -0.3 is 15.0 Å². The summed E-state index contributed by atoms with van der Waals surface area (Å²) < 4.78 is 5.50. The van der Waals surface area contributed by atoms with Crippen molar-refractivity contribution in [2.45, 2.75) is 44.6 Å². The molecule has 0 bridgehead atoms. The third-order valence-electron chi connectivity index (χ3n) is 4.94. The zero-order valence-electron chi connectivity index (χ0n) is 11.5. The maximum atomic E-state index is 5.50. The summed E-state index contributed by atoms with van der Waals surface area (Å²) >= 11 is 0. The number of aliphatic imine (C=N–C) groups is 1. The van der Waals surface area contributed by atoms with Crippen LogP contribution in [0, 0.1) is 5.41 Å². The Hall–Kier alpha value is -0.770. The van der Waals surface area contributed by atoms with E-state index in [0.717, 1.165) is 25.7 Å². The number of likely N-dealkylation sites (tertiary alicyclic amines) is 1. The molecule has 0 aromatic rings. The molecular formula is C14H25N3O. The predicted octanol–water partition coefficient (Wildman–Crippen LogP) is 1.62. The first kappa shape index (κ1) is 12.3. The molecule has 0 atom stereocenters. The van der Waals surface area contributed by atoms with Gasteiger partial charge in [0, 0.05) is 39.4 Å². The van der Waals surface area contributed by atoms with E-state index in [1.807, 2.05) is 7.05 Å². The number of guanidine groups is 1. The second kappa shape index (κ2) is 5.08. The van der Waals surface area contributed by atoms with Crippen LogP contribution in [-0.4, -0.2) is 50.3 Å². The van der Waals surface area contributed by atoms with Gasteiger partial charge in [-0.25, -0.2) is 0 Å². The van der Waals surface area contributed by atoms with E-state index >= 15 is 0 Å². The largest absolute Gasteiger partial charge is 0.381 e. The molecule has 0 unspecified atom stereocenters. The average Bonchev–Trinajstić information content (AvgIpc) is 2.73. The van der Waals surface area contributed by atoms with Gasteiger partial charge in [0.05, 0.1) is 0 Å². The first-order chi connectivity index (χ1) is 8.81. The van der Waals surface area contributed by atoms with E-state index in [0.29, 0.717) is 11.5 Å². The van der Waals surface area contributed by atoms with Crippen molar-refractivity contribution in [2.24, 2.45) is 10.4 Å². The fourth-order valence-corrected chi connectivity index (χ4v) is 3.36. The first-order valence-electron chi connectivity index (χ1n) is 7.37. The highest BCUT2D eigenvalue weighted by Gasteiger charge is 2.40. The minimum absolute atomic E-state index is 0.509. The van der Waals surface area contributed by atoms with Crippen LogP contribution in [0.25, 0.3) is 0 Å². The van der Waals surface area contributed by atoms with Crippen molar-refractivity contribution in [3.8, 4) is 0 Å². The zero-order chi connectivity index (χ0) is 12.4. The fraction of sp³-hybridized carbons (Fsp3) is 0.929. The number of hydrogen-bond donors (Lipinski definition) is 1. The minimum Gasteiger partial charge on any atom is -0.381 e. The Bertz CT molecular complexity index is 319. The van der Waals surface area contributed by atoms with Crippen molar-refractivity contribution in [3.63, 3.8) is 0 Å². The Morgan fingerprint density at radius 3 is 2.67 bits per heavy atom. The van der Waals surface area contributed by atoms with Gasteiger partial charge >= 0.3 is 0 Å². The lowest BCUT2D eigenvalue weighted by molar-refractivity contribution is 0.0217. The van der Waals surface area contributed by atoms with E-state index in [1.165, 1.54) is 45.1 Å². The molecule has 2 heterocycles. The van der Waals surface area contributed by atoms with Crippen LogP contribution in [0.1, 0.15) is 38.5 Å². The van der Waals surface area contributed by atoms with Crippen molar-refractivity contribution in [1.82, 2.24) is 10.2 Å². The van der Waals surface area contributed by atoms with Crippen LogP contribution >= 0.6 is 0 Å². The molecule has 4 nitrogen and oxygen atoms in total. The van der Waals surface area contributed by atoms with E-state index in [1.54, 1.807) is 0 Å². The summed E-state index contributed by atoms with van der Waals surface area (Å²) in [5, 5.41) is 3.61. The third kappa shape index (κ3) is 2.35. The van der Waals surface area contributed by atoms with Crippen LogP contribution in [-0.2, 0) is 4.74 Å². The van der Waals surface area contributed by atoms with Crippen molar-refractivity contribution < 1.29 is 4.74 Å². The van der Waals surface area contributed by atoms with Crippen molar-refractivity contribution in [3.05, 3.63) is 0 Å². The van der Waals surface area contributed by atoms with E-state index < -0.39 is 0 Å². The quantitative estimate of drug-likeness (QED) is 0.568. The molecule has 102 valence electrons. The topological polar surface area (TPSA) is 36.9 Å². The molecule has 1 spiro atoms. The zero-order valence-corrected chi connectivity index (χ0v) is 11.5. The first-order valence-corrected chi connectivity index (χ1v) is 7.37. The summed E-state index contributed by atoms with van der Waals surface area (Å²) in [4.78, 5) is 6.93. The highest BCUT2D eigenvalue weighted by Crippen LogP contribution is 2.39. The molecule has 4 heteroatoms. The van der Waals surface area contributed by atoms with Crippen LogP contribution in [0.15, 0.2) is 4.99 Å². The van der Waals surface area contributed by atoms with Gasteiger partial charge in [-0.15, -0.1) is 0 Å².